The summed E-state index contributed by atoms with van der Waals surface area (Å²) in [4.78, 5) is 2.27. The number of rotatable bonds is 6. The third kappa shape index (κ3) is 6.50. The summed E-state index contributed by atoms with van der Waals surface area (Å²) >= 11 is 13.8. The lowest BCUT2D eigenvalue weighted by Crippen LogP contribution is -2.27. The summed E-state index contributed by atoms with van der Waals surface area (Å²) in [5.41, 5.74) is 1.31. The van der Waals surface area contributed by atoms with E-state index in [2.05, 4.69) is 51.8 Å². The molecule has 1 aromatic rings. The average molecular weight is 395 g/mol. The summed E-state index contributed by atoms with van der Waals surface area (Å²) in [6.45, 7) is 2.71. The van der Waals surface area contributed by atoms with Crippen LogP contribution in [-0.2, 0) is 6.54 Å². The molecular weight excluding hydrogens is 379 g/mol. The highest BCUT2D eigenvalue weighted by atomic mass is 127. The zero-order valence-corrected chi connectivity index (χ0v) is 13.3. The second kappa shape index (κ2) is 9.77. The molecule has 1 nitrogen and oxygen atoms in total. The topological polar surface area (TPSA) is 3.24 Å². The van der Waals surface area contributed by atoms with Crippen molar-refractivity contribution >= 4 is 58.2 Å². The van der Waals surface area contributed by atoms with Gasteiger partial charge in [-0.3, -0.25) is 4.90 Å². The molecule has 1 rings (SSSR count). The summed E-state index contributed by atoms with van der Waals surface area (Å²) < 4.78 is 1.26. The first-order chi connectivity index (χ1) is 7.26. The Bertz CT molecular complexity index is 273. The number of hydrogen-bond acceptors (Lipinski definition) is 1. The van der Waals surface area contributed by atoms with Gasteiger partial charge in [-0.15, -0.1) is 35.6 Å². The lowest BCUT2D eigenvalue weighted by Gasteiger charge is -2.19. The molecule has 0 aliphatic heterocycles. The smallest absolute Gasteiger partial charge is 0.0351 e. The van der Waals surface area contributed by atoms with Crippen molar-refractivity contribution in [2.45, 2.75) is 6.54 Å². The van der Waals surface area contributed by atoms with Gasteiger partial charge in [0.15, 0.2) is 0 Å². The minimum atomic E-state index is 0. The van der Waals surface area contributed by atoms with Gasteiger partial charge in [0, 0.05) is 35.0 Å². The van der Waals surface area contributed by atoms with Crippen molar-refractivity contribution in [3.63, 3.8) is 0 Å². The van der Waals surface area contributed by atoms with E-state index in [0.29, 0.717) is 11.8 Å². The quantitative estimate of drug-likeness (QED) is 0.521. The predicted octanol–water partition coefficient (Wildman–Crippen LogP) is 3.99. The Balaban J connectivity index is 0.00000225. The third-order valence-electron chi connectivity index (χ3n) is 2.12. The molecule has 92 valence electrons. The second-order valence-corrected chi connectivity index (χ2v) is 5.28. The van der Waals surface area contributed by atoms with Crippen LogP contribution in [0.2, 0.25) is 0 Å². The van der Waals surface area contributed by atoms with Gasteiger partial charge >= 0.3 is 0 Å². The Hall–Kier alpha value is 0.780. The van der Waals surface area contributed by atoms with Crippen LogP contribution in [-0.4, -0.2) is 29.7 Å². The lowest BCUT2D eigenvalue weighted by molar-refractivity contribution is 0.299. The standard InChI is InChI=1S/C11H14Cl2IN.ClH/c12-5-7-15(8-6-13)9-10-1-3-11(14)4-2-10;/h1-4H,5-9H2;1H. The largest absolute Gasteiger partial charge is 0.297 e. The van der Waals surface area contributed by atoms with Gasteiger partial charge < -0.3 is 0 Å². The van der Waals surface area contributed by atoms with Crippen LogP contribution in [0.25, 0.3) is 0 Å². The molecule has 1 aromatic carbocycles. The van der Waals surface area contributed by atoms with E-state index in [1.165, 1.54) is 9.13 Å². The molecule has 0 atom stereocenters. The Morgan fingerprint density at radius 1 is 1.00 bits per heavy atom. The number of nitrogens with zero attached hydrogens (tertiary/aromatic N) is 1. The normalized spacial score (nSPS) is 10.2. The van der Waals surface area contributed by atoms with E-state index in [1.807, 2.05) is 0 Å². The minimum Gasteiger partial charge on any atom is -0.297 e. The van der Waals surface area contributed by atoms with Gasteiger partial charge in [-0.25, -0.2) is 0 Å². The van der Waals surface area contributed by atoms with E-state index in [4.69, 9.17) is 23.2 Å². The molecule has 0 aliphatic rings. The van der Waals surface area contributed by atoms with Gasteiger partial charge in [-0.1, -0.05) is 12.1 Å². The van der Waals surface area contributed by atoms with Crippen molar-refractivity contribution in [1.29, 1.82) is 0 Å². The van der Waals surface area contributed by atoms with Crippen LogP contribution in [0.5, 0.6) is 0 Å². The van der Waals surface area contributed by atoms with Crippen molar-refractivity contribution in [2.75, 3.05) is 24.8 Å². The fraction of sp³-hybridized carbons (Fsp3) is 0.455. The summed E-state index contributed by atoms with van der Waals surface area (Å²) in [5, 5.41) is 0. The van der Waals surface area contributed by atoms with Crippen molar-refractivity contribution in [2.24, 2.45) is 0 Å². The van der Waals surface area contributed by atoms with E-state index < -0.39 is 0 Å². The molecule has 0 radical (unpaired) electrons. The highest BCUT2D eigenvalue weighted by Crippen LogP contribution is 2.09. The maximum Gasteiger partial charge on any atom is 0.0351 e. The van der Waals surface area contributed by atoms with Crippen LogP contribution in [0, 0.1) is 3.57 Å². The predicted molar refractivity (Wildman–Crippen MR) is 83.1 cm³/mol. The van der Waals surface area contributed by atoms with E-state index in [9.17, 15) is 0 Å². The van der Waals surface area contributed by atoms with Gasteiger partial charge in [0.2, 0.25) is 0 Å². The van der Waals surface area contributed by atoms with Crippen molar-refractivity contribution in [1.82, 2.24) is 4.90 Å². The van der Waals surface area contributed by atoms with Crippen LogP contribution in [0.4, 0.5) is 0 Å². The first-order valence-electron chi connectivity index (χ1n) is 4.85. The van der Waals surface area contributed by atoms with E-state index in [-0.39, 0.29) is 12.4 Å². The van der Waals surface area contributed by atoms with Crippen LogP contribution in [0.15, 0.2) is 24.3 Å². The van der Waals surface area contributed by atoms with Crippen LogP contribution >= 0.6 is 58.2 Å². The van der Waals surface area contributed by atoms with Gasteiger partial charge in [0.25, 0.3) is 0 Å². The second-order valence-electron chi connectivity index (χ2n) is 3.28. The molecule has 0 N–H and O–H groups in total. The van der Waals surface area contributed by atoms with Crippen LogP contribution in [0.1, 0.15) is 5.56 Å². The molecule has 0 fully saturated rings. The first-order valence-corrected chi connectivity index (χ1v) is 6.99. The molecule has 0 aliphatic carbocycles. The van der Waals surface area contributed by atoms with E-state index >= 15 is 0 Å². The van der Waals surface area contributed by atoms with Crippen LogP contribution < -0.4 is 0 Å². The maximum atomic E-state index is 5.74. The van der Waals surface area contributed by atoms with Gasteiger partial charge in [0.05, 0.1) is 0 Å². The zero-order chi connectivity index (χ0) is 11.1. The number of halogens is 4. The molecule has 16 heavy (non-hydrogen) atoms. The number of hydrogen-bond donors (Lipinski definition) is 0. The summed E-state index contributed by atoms with van der Waals surface area (Å²) in [6, 6.07) is 8.54. The molecule has 0 unspecified atom stereocenters. The van der Waals surface area contributed by atoms with Crippen LogP contribution in [0.3, 0.4) is 0 Å². The molecular formula is C11H15Cl3IN. The zero-order valence-electron chi connectivity index (χ0n) is 8.83. The third-order valence-corrected chi connectivity index (χ3v) is 3.18. The molecule has 5 heteroatoms. The minimum absolute atomic E-state index is 0. The Labute approximate surface area is 127 Å². The number of benzene rings is 1. The molecule has 0 saturated carbocycles. The van der Waals surface area contributed by atoms with Gasteiger partial charge in [0.1, 0.15) is 0 Å². The molecule has 0 spiro atoms. The Morgan fingerprint density at radius 2 is 1.50 bits per heavy atom. The highest BCUT2D eigenvalue weighted by Gasteiger charge is 2.04. The maximum absolute atomic E-state index is 5.74. The Morgan fingerprint density at radius 3 is 1.94 bits per heavy atom. The lowest BCUT2D eigenvalue weighted by atomic mass is 10.2. The van der Waals surface area contributed by atoms with Crippen molar-refractivity contribution in [3.8, 4) is 0 Å². The summed E-state index contributed by atoms with van der Waals surface area (Å²) in [7, 11) is 0. The fourth-order valence-electron chi connectivity index (χ4n) is 1.36. The number of alkyl halides is 2. The van der Waals surface area contributed by atoms with Crippen molar-refractivity contribution in [3.05, 3.63) is 33.4 Å². The molecule has 0 heterocycles. The summed E-state index contributed by atoms with van der Waals surface area (Å²) in [6.07, 6.45) is 0. The molecule has 0 saturated heterocycles. The Kier molecular flexibility index (Phi) is 10.3. The fourth-order valence-corrected chi connectivity index (χ4v) is 2.19. The summed E-state index contributed by atoms with van der Waals surface area (Å²) in [5.74, 6) is 1.31. The van der Waals surface area contributed by atoms with Gasteiger partial charge in [-0.2, -0.15) is 0 Å². The highest BCUT2D eigenvalue weighted by molar-refractivity contribution is 14.1. The first kappa shape index (κ1) is 16.8. The van der Waals surface area contributed by atoms with E-state index in [1.54, 1.807) is 0 Å². The molecule has 0 amide bonds. The van der Waals surface area contributed by atoms with Crippen molar-refractivity contribution < 1.29 is 0 Å². The van der Waals surface area contributed by atoms with E-state index in [0.717, 1.165) is 19.6 Å². The molecule has 0 bridgehead atoms. The SMILES string of the molecule is Cl.ClCCN(CCCl)Cc1ccc(I)cc1. The average Bonchev–Trinajstić information content (AvgIpc) is 2.22. The molecule has 0 aromatic heterocycles. The van der Waals surface area contributed by atoms with Gasteiger partial charge in [-0.05, 0) is 40.3 Å². The monoisotopic (exact) mass is 393 g/mol.